The smallest absolute Gasteiger partial charge is 0.314 e. The van der Waals surface area contributed by atoms with Gasteiger partial charge in [-0.05, 0) is 60.4 Å². The average Bonchev–Trinajstić information content (AvgIpc) is 3.52. The topological polar surface area (TPSA) is 115 Å². The second-order valence-electron chi connectivity index (χ2n) is 8.92. The molecule has 174 valence electrons. The molecule has 0 spiro atoms. The van der Waals surface area contributed by atoms with Gasteiger partial charge in [0.25, 0.3) is 0 Å². The van der Waals surface area contributed by atoms with Gasteiger partial charge in [0.15, 0.2) is 0 Å². The normalized spacial score (nSPS) is 23.5. The first-order valence-corrected chi connectivity index (χ1v) is 12.3. The van der Waals surface area contributed by atoms with Gasteiger partial charge in [-0.1, -0.05) is 6.92 Å². The molecule has 2 aliphatic rings. The second kappa shape index (κ2) is 9.11. The molecule has 2 amide bonds. The van der Waals surface area contributed by atoms with Crippen LogP contribution in [0.5, 0.6) is 0 Å². The maximum atomic E-state index is 13.2. The van der Waals surface area contributed by atoms with Crippen molar-refractivity contribution in [3.05, 3.63) is 34.8 Å². The van der Waals surface area contributed by atoms with Gasteiger partial charge >= 0.3 is 11.8 Å². The quantitative estimate of drug-likeness (QED) is 0.566. The molecule has 0 aliphatic carbocycles. The molecule has 3 aromatic heterocycles. The Morgan fingerprint density at radius 1 is 1.27 bits per heavy atom. The van der Waals surface area contributed by atoms with Crippen molar-refractivity contribution in [1.29, 1.82) is 0 Å². The van der Waals surface area contributed by atoms with Gasteiger partial charge in [-0.15, -0.1) is 0 Å². The molecule has 0 bridgehead atoms. The lowest BCUT2D eigenvalue weighted by molar-refractivity contribution is -0.146. The molecule has 0 radical (unpaired) electrons. The van der Waals surface area contributed by atoms with Crippen LogP contribution in [0.1, 0.15) is 56.9 Å². The van der Waals surface area contributed by atoms with E-state index in [0.717, 1.165) is 37.7 Å². The number of carbonyl (C=O) groups excluding carboxylic acids is 2. The van der Waals surface area contributed by atoms with E-state index >= 15 is 0 Å². The van der Waals surface area contributed by atoms with Crippen LogP contribution in [0, 0.1) is 5.92 Å². The van der Waals surface area contributed by atoms with E-state index in [1.165, 1.54) is 6.20 Å². The number of likely N-dealkylation sites (tertiary alicyclic amines) is 1. The van der Waals surface area contributed by atoms with E-state index in [0.29, 0.717) is 41.5 Å². The van der Waals surface area contributed by atoms with Crippen molar-refractivity contribution < 1.29 is 14.3 Å². The molecule has 2 aliphatic heterocycles. The van der Waals surface area contributed by atoms with E-state index < -0.39 is 11.8 Å². The Hall–Kier alpha value is -2.98. The number of carbonyl (C=O) groups is 2. The third-order valence-electron chi connectivity index (χ3n) is 6.50. The number of nitrogens with two attached hydrogens (primary N) is 1. The number of aromatic nitrogens is 3. The summed E-state index contributed by atoms with van der Waals surface area (Å²) in [5.74, 6) is -0.579. The first-order chi connectivity index (χ1) is 16.0. The number of pyridine rings is 1. The number of nitrogens with one attached hydrogen (secondary N) is 1. The Morgan fingerprint density at radius 3 is 2.91 bits per heavy atom. The number of piperidine rings is 1. The van der Waals surface area contributed by atoms with Crippen molar-refractivity contribution >= 4 is 45.6 Å². The zero-order valence-electron chi connectivity index (χ0n) is 18.6. The lowest BCUT2D eigenvalue weighted by Gasteiger charge is -2.38. The first-order valence-electron chi connectivity index (χ1n) is 11.4. The summed E-state index contributed by atoms with van der Waals surface area (Å²) in [4.78, 5) is 32.2. The van der Waals surface area contributed by atoms with E-state index in [1.54, 1.807) is 27.1 Å². The van der Waals surface area contributed by atoms with Crippen molar-refractivity contribution in [3.63, 3.8) is 0 Å². The fourth-order valence-corrected chi connectivity index (χ4v) is 5.42. The van der Waals surface area contributed by atoms with Gasteiger partial charge < -0.3 is 20.7 Å². The number of anilines is 2. The van der Waals surface area contributed by atoms with Crippen molar-refractivity contribution in [2.45, 2.75) is 51.3 Å². The average molecular weight is 469 g/mol. The van der Waals surface area contributed by atoms with E-state index in [4.69, 9.17) is 10.5 Å². The summed E-state index contributed by atoms with van der Waals surface area (Å²) in [6, 6.07) is 1.94. The molecule has 5 heterocycles. The lowest BCUT2D eigenvalue weighted by Crippen LogP contribution is -2.46. The predicted octanol–water partition coefficient (Wildman–Crippen LogP) is 3.71. The number of thiophene rings is 1. The molecule has 0 aromatic carbocycles. The molecule has 9 nitrogen and oxygen atoms in total. The maximum Gasteiger partial charge on any atom is 0.314 e. The summed E-state index contributed by atoms with van der Waals surface area (Å²) in [6.45, 7) is 3.34. The summed E-state index contributed by atoms with van der Waals surface area (Å²) in [5.41, 5.74) is 8.01. The fraction of sp³-hybridized carbons (Fsp3) is 0.478. The molecule has 33 heavy (non-hydrogen) atoms. The number of nitrogen functional groups attached to an aromatic ring is 1. The van der Waals surface area contributed by atoms with E-state index in [-0.39, 0.29) is 12.3 Å². The number of nitrogens with zero attached hydrogens (tertiary/aromatic N) is 4. The number of fused-ring (bicyclic) bond motifs is 1. The highest BCUT2D eigenvalue weighted by Crippen LogP contribution is 2.35. The molecule has 0 saturated carbocycles. The van der Waals surface area contributed by atoms with Gasteiger partial charge in [-0.2, -0.15) is 16.4 Å². The van der Waals surface area contributed by atoms with Gasteiger partial charge in [0, 0.05) is 19.3 Å². The molecule has 1 unspecified atom stereocenters. The summed E-state index contributed by atoms with van der Waals surface area (Å²) in [6.07, 6.45) is 7.90. The third kappa shape index (κ3) is 4.32. The van der Waals surface area contributed by atoms with E-state index in [1.807, 2.05) is 16.8 Å². The molecule has 2 saturated heterocycles. The Kier molecular flexibility index (Phi) is 6.03. The highest BCUT2D eigenvalue weighted by Gasteiger charge is 2.34. The van der Waals surface area contributed by atoms with Gasteiger partial charge in [-0.25, -0.2) is 9.67 Å². The minimum absolute atomic E-state index is 0.0853. The number of hydrogen-bond acceptors (Lipinski definition) is 7. The summed E-state index contributed by atoms with van der Waals surface area (Å²) in [7, 11) is 0. The van der Waals surface area contributed by atoms with Crippen molar-refractivity contribution in [3.8, 4) is 0 Å². The summed E-state index contributed by atoms with van der Waals surface area (Å²) < 4.78 is 7.56. The van der Waals surface area contributed by atoms with Crippen molar-refractivity contribution in [2.75, 3.05) is 24.2 Å². The zero-order chi connectivity index (χ0) is 22.9. The standard InChI is InChI=1S/C23H28N6O3S/c1-14-5-6-18(15-7-9-33-13-15)28(11-14)23(31)22(30)26-17-10-25-21(24)16-12-29(27-20(16)17)19-4-2-3-8-32-19/h7,9-10,12-14,18-19H,2-6,8,11H2,1H3,(H2,24,25)(H,26,30)/t14-,18+,19?/m0/s1. The Morgan fingerprint density at radius 2 is 2.15 bits per heavy atom. The van der Waals surface area contributed by atoms with Crippen LogP contribution in [0.4, 0.5) is 11.5 Å². The molecule has 3 atom stereocenters. The minimum atomic E-state index is -0.694. The summed E-state index contributed by atoms with van der Waals surface area (Å²) in [5, 5.41) is 12.0. The van der Waals surface area contributed by atoms with Crippen LogP contribution in [0.25, 0.3) is 10.9 Å². The molecule has 3 N–H and O–H groups in total. The molecule has 10 heteroatoms. The molecule has 5 rings (SSSR count). The van der Waals surface area contributed by atoms with Crippen LogP contribution >= 0.6 is 11.3 Å². The third-order valence-corrected chi connectivity index (χ3v) is 7.20. The first kappa shape index (κ1) is 21.8. The fourth-order valence-electron chi connectivity index (χ4n) is 4.71. The van der Waals surface area contributed by atoms with Crippen LogP contribution in [0.2, 0.25) is 0 Å². The van der Waals surface area contributed by atoms with Crippen molar-refractivity contribution in [1.82, 2.24) is 19.7 Å². The second-order valence-corrected chi connectivity index (χ2v) is 9.70. The molecular weight excluding hydrogens is 440 g/mol. The van der Waals surface area contributed by atoms with E-state index in [9.17, 15) is 9.59 Å². The van der Waals surface area contributed by atoms with Gasteiger partial charge in [0.2, 0.25) is 0 Å². The molecule has 2 fully saturated rings. The SMILES string of the molecule is C[C@H]1CC[C@H](c2ccsc2)N(C(=O)C(=O)Nc2cnc(N)c3cn(C4CCCCO4)nc23)C1. The number of ether oxygens (including phenoxy) is 1. The lowest BCUT2D eigenvalue weighted by atomic mass is 9.91. The van der Waals surface area contributed by atoms with Crippen LogP contribution in [-0.2, 0) is 14.3 Å². The van der Waals surface area contributed by atoms with Gasteiger partial charge in [0.05, 0.1) is 23.3 Å². The van der Waals surface area contributed by atoms with Gasteiger partial charge in [-0.3, -0.25) is 9.59 Å². The maximum absolute atomic E-state index is 13.2. The largest absolute Gasteiger partial charge is 0.383 e. The highest BCUT2D eigenvalue weighted by atomic mass is 32.1. The van der Waals surface area contributed by atoms with Crippen LogP contribution in [0.3, 0.4) is 0 Å². The zero-order valence-corrected chi connectivity index (χ0v) is 19.4. The van der Waals surface area contributed by atoms with Gasteiger partial charge in [0.1, 0.15) is 17.6 Å². The number of hydrogen-bond donors (Lipinski definition) is 2. The van der Waals surface area contributed by atoms with Crippen LogP contribution in [-0.4, -0.2) is 44.6 Å². The minimum Gasteiger partial charge on any atom is -0.383 e. The highest BCUT2D eigenvalue weighted by molar-refractivity contribution is 7.08. The molecule has 3 aromatic rings. The van der Waals surface area contributed by atoms with E-state index in [2.05, 4.69) is 22.3 Å². The number of amides is 2. The van der Waals surface area contributed by atoms with Crippen LogP contribution in [0.15, 0.2) is 29.2 Å². The Balaban J connectivity index is 1.39. The number of rotatable bonds is 3. The monoisotopic (exact) mass is 468 g/mol. The van der Waals surface area contributed by atoms with Crippen LogP contribution < -0.4 is 11.1 Å². The van der Waals surface area contributed by atoms with Crippen molar-refractivity contribution in [2.24, 2.45) is 5.92 Å². The molecular formula is C23H28N6O3S. The Bertz CT molecular complexity index is 1150. The Labute approximate surface area is 195 Å². The predicted molar refractivity (Wildman–Crippen MR) is 127 cm³/mol. The summed E-state index contributed by atoms with van der Waals surface area (Å²) >= 11 is 1.60.